The molecule has 3 aliphatic rings. The van der Waals surface area contributed by atoms with Gasteiger partial charge in [0.15, 0.2) is 0 Å². The number of likely N-dealkylation sites (tertiary alicyclic amines) is 1. The topological polar surface area (TPSA) is 80.4 Å². The summed E-state index contributed by atoms with van der Waals surface area (Å²) >= 11 is 0. The quantitative estimate of drug-likeness (QED) is 0.507. The molecule has 3 unspecified atom stereocenters. The van der Waals surface area contributed by atoms with Crippen molar-refractivity contribution >= 4 is 11.7 Å². The molecule has 2 aliphatic heterocycles. The average molecular weight is 497 g/mol. The fraction of sp³-hybridized carbons (Fsp3) is 0.516. The zero-order chi connectivity index (χ0) is 25.8. The summed E-state index contributed by atoms with van der Waals surface area (Å²) in [6.07, 6.45) is 4.55. The van der Waals surface area contributed by atoms with Crippen LogP contribution in [0.25, 0.3) is 0 Å². The molecule has 5 rings (SSSR count). The summed E-state index contributed by atoms with van der Waals surface area (Å²) in [5.41, 5.74) is 2.34. The number of carbonyl (C=O) groups excluding carboxylic acids is 1. The van der Waals surface area contributed by atoms with Gasteiger partial charge in [0, 0.05) is 44.1 Å². The van der Waals surface area contributed by atoms with Crippen LogP contribution in [-0.4, -0.2) is 49.7 Å². The summed E-state index contributed by atoms with van der Waals surface area (Å²) in [5, 5.41) is 19.8. The zero-order valence-electron chi connectivity index (χ0n) is 21.7. The van der Waals surface area contributed by atoms with Crippen molar-refractivity contribution in [2.24, 2.45) is 17.8 Å². The number of ether oxygens (including phenoxy) is 1. The molecule has 6 nitrogen and oxygen atoms in total. The molecule has 37 heavy (non-hydrogen) atoms. The molecular weight excluding hydrogens is 460 g/mol. The van der Waals surface area contributed by atoms with Crippen molar-refractivity contribution in [3.63, 3.8) is 0 Å². The summed E-state index contributed by atoms with van der Waals surface area (Å²) in [7, 11) is 0. The van der Waals surface area contributed by atoms with Crippen molar-refractivity contribution in [2.75, 3.05) is 37.6 Å². The first-order valence-electron chi connectivity index (χ1n) is 13.6. The van der Waals surface area contributed by atoms with Crippen LogP contribution in [0.5, 0.6) is 0 Å². The van der Waals surface area contributed by atoms with Crippen molar-refractivity contribution in [3.05, 3.63) is 65.7 Å². The van der Waals surface area contributed by atoms with E-state index < -0.39 is 5.41 Å². The first-order valence-corrected chi connectivity index (χ1v) is 13.6. The average Bonchev–Trinajstić information content (AvgIpc) is 3.36. The molecule has 0 amide bonds. The number of esters is 1. The third-order valence-corrected chi connectivity index (χ3v) is 8.86. The molecule has 2 aromatic rings. The predicted molar refractivity (Wildman–Crippen MR) is 143 cm³/mol. The number of nitriles is 2. The maximum Gasteiger partial charge on any atom is 0.302 e. The molecular formula is C31H36N4O2. The molecule has 6 heteroatoms. The molecule has 2 saturated heterocycles. The lowest BCUT2D eigenvalue weighted by atomic mass is 9.59. The summed E-state index contributed by atoms with van der Waals surface area (Å²) in [5.74, 6) is 0.675. The van der Waals surface area contributed by atoms with Crippen LogP contribution in [0.4, 0.5) is 5.69 Å². The second-order valence-corrected chi connectivity index (χ2v) is 11.0. The molecule has 3 atom stereocenters. The van der Waals surface area contributed by atoms with Crippen LogP contribution < -0.4 is 4.90 Å². The van der Waals surface area contributed by atoms with Crippen LogP contribution in [0, 0.1) is 40.4 Å². The molecule has 0 N–H and O–H groups in total. The molecule has 0 bridgehead atoms. The van der Waals surface area contributed by atoms with E-state index in [4.69, 9.17) is 10.00 Å². The Balaban J connectivity index is 1.24. The standard InChI is InChI=1S/C31H36N4O2/c1-23(36)37-30-9-5-8-29(30)31(22-33,26-6-3-2-4-7-26)27-14-16-34(17-15-27)19-25-20-35(21-25)28-12-10-24(18-32)11-13-28/h2-4,6-7,10-13,25,27,29-30H,5,8-9,14-17,19-21H2,1H3. The summed E-state index contributed by atoms with van der Waals surface area (Å²) in [6, 6.07) is 23.1. The second-order valence-electron chi connectivity index (χ2n) is 11.0. The lowest BCUT2D eigenvalue weighted by molar-refractivity contribution is -0.149. The normalized spacial score (nSPS) is 24.5. The minimum absolute atomic E-state index is 0.0351. The van der Waals surface area contributed by atoms with Crippen LogP contribution in [0.3, 0.4) is 0 Å². The van der Waals surface area contributed by atoms with E-state index in [1.54, 1.807) is 0 Å². The number of piperidine rings is 1. The predicted octanol–water partition coefficient (Wildman–Crippen LogP) is 4.90. The number of rotatable bonds is 7. The van der Waals surface area contributed by atoms with Crippen LogP contribution >= 0.6 is 0 Å². The Labute approximate surface area is 220 Å². The lowest BCUT2D eigenvalue weighted by Gasteiger charge is -2.47. The fourth-order valence-corrected chi connectivity index (χ4v) is 7.09. The molecule has 2 aromatic carbocycles. The first kappa shape index (κ1) is 25.3. The van der Waals surface area contributed by atoms with Crippen molar-refractivity contribution in [3.8, 4) is 12.1 Å². The van der Waals surface area contributed by atoms with Gasteiger partial charge in [0.05, 0.1) is 23.1 Å². The highest BCUT2D eigenvalue weighted by atomic mass is 16.5. The highest BCUT2D eigenvalue weighted by Crippen LogP contribution is 2.51. The van der Waals surface area contributed by atoms with Crippen LogP contribution in [0.15, 0.2) is 54.6 Å². The van der Waals surface area contributed by atoms with Gasteiger partial charge in [0.25, 0.3) is 0 Å². The Morgan fingerprint density at radius 2 is 1.70 bits per heavy atom. The van der Waals surface area contributed by atoms with Crippen LogP contribution in [0.2, 0.25) is 0 Å². The third-order valence-electron chi connectivity index (χ3n) is 8.86. The zero-order valence-corrected chi connectivity index (χ0v) is 21.7. The van der Waals surface area contributed by atoms with Crippen molar-refractivity contribution in [2.45, 2.75) is 50.5 Å². The number of nitrogens with zero attached hydrogens (tertiary/aromatic N) is 4. The first-order chi connectivity index (χ1) is 18.0. The molecule has 1 saturated carbocycles. The highest BCUT2D eigenvalue weighted by molar-refractivity contribution is 5.66. The van der Waals surface area contributed by atoms with E-state index in [0.717, 1.165) is 70.4 Å². The van der Waals surface area contributed by atoms with Gasteiger partial charge in [-0.3, -0.25) is 4.79 Å². The molecule has 0 aromatic heterocycles. The molecule has 0 spiro atoms. The van der Waals surface area contributed by atoms with Crippen molar-refractivity contribution in [1.82, 2.24) is 4.90 Å². The smallest absolute Gasteiger partial charge is 0.302 e. The van der Waals surface area contributed by atoms with Gasteiger partial charge in [-0.2, -0.15) is 10.5 Å². The Morgan fingerprint density at radius 3 is 2.32 bits per heavy atom. The molecule has 3 fully saturated rings. The summed E-state index contributed by atoms with van der Waals surface area (Å²) < 4.78 is 5.78. The van der Waals surface area contributed by atoms with Gasteiger partial charge >= 0.3 is 5.97 Å². The number of hydrogen-bond donors (Lipinski definition) is 0. The van der Waals surface area contributed by atoms with E-state index in [1.165, 1.54) is 12.6 Å². The fourth-order valence-electron chi connectivity index (χ4n) is 7.09. The second kappa shape index (κ2) is 11.0. The van der Waals surface area contributed by atoms with E-state index in [9.17, 15) is 10.1 Å². The van der Waals surface area contributed by atoms with Gasteiger partial charge in [-0.1, -0.05) is 30.3 Å². The van der Waals surface area contributed by atoms with Gasteiger partial charge in [0.1, 0.15) is 6.10 Å². The molecule has 0 radical (unpaired) electrons. The van der Waals surface area contributed by atoms with Crippen molar-refractivity contribution in [1.29, 1.82) is 10.5 Å². The monoisotopic (exact) mass is 496 g/mol. The van der Waals surface area contributed by atoms with E-state index in [-0.39, 0.29) is 23.9 Å². The van der Waals surface area contributed by atoms with Gasteiger partial charge in [0.2, 0.25) is 0 Å². The van der Waals surface area contributed by atoms with Gasteiger partial charge in [-0.15, -0.1) is 0 Å². The third kappa shape index (κ3) is 5.09. The van der Waals surface area contributed by atoms with Gasteiger partial charge in [-0.05, 0) is 80.9 Å². The number of anilines is 1. The highest BCUT2D eigenvalue weighted by Gasteiger charge is 2.53. The SMILES string of the molecule is CC(=O)OC1CCCC1C(C#N)(c1ccccc1)C1CCN(CC2CN(c3ccc(C#N)cc3)C2)CC1. The van der Waals surface area contributed by atoms with Crippen LogP contribution in [-0.2, 0) is 14.9 Å². The molecule has 1 aliphatic carbocycles. The Hall–Kier alpha value is -3.35. The van der Waals surface area contributed by atoms with E-state index in [0.29, 0.717) is 11.5 Å². The minimum atomic E-state index is -0.632. The van der Waals surface area contributed by atoms with Crippen LogP contribution in [0.1, 0.15) is 50.2 Å². The lowest BCUT2D eigenvalue weighted by Crippen LogP contribution is -2.54. The molecule has 2 heterocycles. The van der Waals surface area contributed by atoms with E-state index in [2.05, 4.69) is 34.1 Å². The minimum Gasteiger partial charge on any atom is -0.462 e. The maximum absolute atomic E-state index is 11.9. The maximum atomic E-state index is 11.9. The van der Waals surface area contributed by atoms with Crippen molar-refractivity contribution < 1.29 is 9.53 Å². The Kier molecular flexibility index (Phi) is 7.49. The number of benzene rings is 2. The molecule has 192 valence electrons. The Bertz CT molecular complexity index is 1150. The number of hydrogen-bond acceptors (Lipinski definition) is 6. The largest absolute Gasteiger partial charge is 0.462 e. The number of carbonyl (C=O) groups is 1. The van der Waals surface area contributed by atoms with Gasteiger partial charge < -0.3 is 14.5 Å². The van der Waals surface area contributed by atoms with E-state index >= 15 is 0 Å². The van der Waals surface area contributed by atoms with E-state index in [1.807, 2.05) is 42.5 Å². The van der Waals surface area contributed by atoms with Gasteiger partial charge in [-0.25, -0.2) is 0 Å². The summed E-state index contributed by atoms with van der Waals surface area (Å²) in [6.45, 7) is 6.66. The Morgan fingerprint density at radius 1 is 1.00 bits per heavy atom. The summed E-state index contributed by atoms with van der Waals surface area (Å²) in [4.78, 5) is 16.8.